The number of rotatable bonds is 6. The number of nitrogens with two attached hydrogens (primary N) is 2. The molecule has 0 saturated carbocycles. The zero-order valence-electron chi connectivity index (χ0n) is 11.6. The summed E-state index contributed by atoms with van der Waals surface area (Å²) in [7, 11) is -3.71. The van der Waals surface area contributed by atoms with Crippen LogP contribution in [0.1, 0.15) is 12.0 Å². The zero-order chi connectivity index (χ0) is 15.3. The first-order valence-electron chi connectivity index (χ1n) is 6.67. The van der Waals surface area contributed by atoms with Gasteiger partial charge in [0.1, 0.15) is 0 Å². The maximum atomic E-state index is 11.2. The Balaban J connectivity index is 1.89. The third-order valence-corrected chi connectivity index (χ3v) is 4.06. The number of primary sulfonamides is 1. The molecule has 6 heteroatoms. The summed E-state index contributed by atoms with van der Waals surface area (Å²) >= 11 is 0. The molecule has 5 nitrogen and oxygen atoms in total. The van der Waals surface area contributed by atoms with Gasteiger partial charge in [-0.05, 0) is 36.6 Å². The average molecular weight is 305 g/mol. The molecule has 0 radical (unpaired) electrons. The maximum absolute atomic E-state index is 11.2. The molecule has 0 amide bonds. The number of nitrogens with one attached hydrogen (secondary N) is 1. The van der Waals surface area contributed by atoms with Gasteiger partial charge in [-0.2, -0.15) is 0 Å². The van der Waals surface area contributed by atoms with E-state index >= 15 is 0 Å². The molecule has 5 N–H and O–H groups in total. The first kappa shape index (κ1) is 15.3. The lowest BCUT2D eigenvalue weighted by molar-refractivity contribution is 0.598. The van der Waals surface area contributed by atoms with Crippen molar-refractivity contribution in [3.63, 3.8) is 0 Å². The van der Waals surface area contributed by atoms with Crippen LogP contribution in [0.25, 0.3) is 0 Å². The van der Waals surface area contributed by atoms with Gasteiger partial charge in [-0.15, -0.1) is 0 Å². The van der Waals surface area contributed by atoms with Crippen molar-refractivity contribution in [1.29, 1.82) is 0 Å². The van der Waals surface area contributed by atoms with Gasteiger partial charge < -0.3 is 11.1 Å². The van der Waals surface area contributed by atoms with E-state index in [2.05, 4.69) is 17.4 Å². The van der Waals surface area contributed by atoms with Crippen LogP contribution < -0.4 is 16.2 Å². The summed E-state index contributed by atoms with van der Waals surface area (Å²) in [6.45, 7) is 0.758. The van der Waals surface area contributed by atoms with Gasteiger partial charge in [0.15, 0.2) is 0 Å². The Kier molecular flexibility index (Phi) is 4.82. The van der Waals surface area contributed by atoms with Crippen LogP contribution >= 0.6 is 0 Å². The number of aryl methyl sites for hydroxylation is 1. The van der Waals surface area contributed by atoms with Crippen LogP contribution in [0.15, 0.2) is 53.4 Å². The lowest BCUT2D eigenvalue weighted by Crippen LogP contribution is -2.13. The molecule has 0 bridgehead atoms. The number of nitrogen functional groups attached to an aromatic ring is 1. The molecule has 21 heavy (non-hydrogen) atoms. The largest absolute Gasteiger partial charge is 0.397 e. The van der Waals surface area contributed by atoms with Gasteiger partial charge in [-0.1, -0.05) is 30.3 Å². The molecule has 0 heterocycles. The molecule has 0 aliphatic heterocycles. The Morgan fingerprint density at radius 3 is 2.38 bits per heavy atom. The highest BCUT2D eigenvalue weighted by molar-refractivity contribution is 7.89. The number of benzene rings is 2. The summed E-state index contributed by atoms with van der Waals surface area (Å²) in [5.41, 5.74) is 8.21. The van der Waals surface area contributed by atoms with E-state index in [0.717, 1.165) is 25.1 Å². The van der Waals surface area contributed by atoms with E-state index < -0.39 is 10.0 Å². The second-order valence-corrected chi connectivity index (χ2v) is 6.37. The Morgan fingerprint density at radius 2 is 1.76 bits per heavy atom. The van der Waals surface area contributed by atoms with E-state index in [1.807, 2.05) is 18.2 Å². The van der Waals surface area contributed by atoms with Crippen LogP contribution in [0, 0.1) is 0 Å². The van der Waals surface area contributed by atoms with Gasteiger partial charge in [0.05, 0.1) is 16.3 Å². The fourth-order valence-corrected chi connectivity index (χ4v) is 2.59. The summed E-state index contributed by atoms with van der Waals surface area (Å²) in [4.78, 5) is 0.0230. The molecule has 2 aromatic carbocycles. The molecule has 0 spiro atoms. The minimum Gasteiger partial charge on any atom is -0.397 e. The summed E-state index contributed by atoms with van der Waals surface area (Å²) in [5.74, 6) is 0. The Hall–Kier alpha value is -2.05. The van der Waals surface area contributed by atoms with E-state index in [4.69, 9.17) is 10.9 Å². The number of anilines is 2. The van der Waals surface area contributed by atoms with Gasteiger partial charge in [-0.25, -0.2) is 13.6 Å². The van der Waals surface area contributed by atoms with Crippen molar-refractivity contribution in [3.8, 4) is 0 Å². The lowest BCUT2D eigenvalue weighted by Gasteiger charge is -2.10. The zero-order valence-corrected chi connectivity index (χ0v) is 12.4. The van der Waals surface area contributed by atoms with E-state index in [1.165, 1.54) is 17.7 Å². The monoisotopic (exact) mass is 305 g/mol. The molecule has 0 aliphatic rings. The Labute approximate surface area is 125 Å². The van der Waals surface area contributed by atoms with Crippen LogP contribution in [0.2, 0.25) is 0 Å². The summed E-state index contributed by atoms with van der Waals surface area (Å²) in [6.07, 6.45) is 1.93. The van der Waals surface area contributed by atoms with Crippen LogP contribution in [-0.4, -0.2) is 15.0 Å². The van der Waals surface area contributed by atoms with Crippen LogP contribution in [0.5, 0.6) is 0 Å². The highest BCUT2D eigenvalue weighted by Crippen LogP contribution is 2.21. The van der Waals surface area contributed by atoms with Crippen molar-refractivity contribution in [2.45, 2.75) is 17.7 Å². The highest BCUT2D eigenvalue weighted by atomic mass is 32.2. The molecule has 0 unspecified atom stereocenters. The number of hydrogen-bond acceptors (Lipinski definition) is 4. The van der Waals surface area contributed by atoms with E-state index in [9.17, 15) is 8.42 Å². The van der Waals surface area contributed by atoms with E-state index in [1.54, 1.807) is 6.07 Å². The average Bonchev–Trinajstić information content (AvgIpc) is 2.45. The van der Waals surface area contributed by atoms with Crippen LogP contribution in [0.3, 0.4) is 0 Å². The van der Waals surface area contributed by atoms with Gasteiger partial charge >= 0.3 is 0 Å². The second-order valence-electron chi connectivity index (χ2n) is 4.81. The Morgan fingerprint density at radius 1 is 1.05 bits per heavy atom. The summed E-state index contributed by atoms with van der Waals surface area (Å²) in [5, 5.41) is 8.26. The molecule has 0 aromatic heterocycles. The topological polar surface area (TPSA) is 98.2 Å². The SMILES string of the molecule is Nc1cc(S(N)(=O)=O)ccc1NCCCc1ccccc1. The van der Waals surface area contributed by atoms with Crippen molar-refractivity contribution >= 4 is 21.4 Å². The number of hydrogen-bond donors (Lipinski definition) is 3. The van der Waals surface area contributed by atoms with E-state index in [-0.39, 0.29) is 4.90 Å². The van der Waals surface area contributed by atoms with E-state index in [0.29, 0.717) is 5.69 Å². The standard InChI is InChI=1S/C15H19N3O2S/c16-14-11-13(21(17,19)20)8-9-15(14)18-10-4-7-12-5-2-1-3-6-12/h1-3,5-6,8-9,11,18H,4,7,10,16H2,(H2,17,19,20). The van der Waals surface area contributed by atoms with Gasteiger partial charge in [-0.3, -0.25) is 0 Å². The van der Waals surface area contributed by atoms with Crippen molar-refractivity contribution in [3.05, 3.63) is 54.1 Å². The van der Waals surface area contributed by atoms with Crippen molar-refractivity contribution < 1.29 is 8.42 Å². The smallest absolute Gasteiger partial charge is 0.238 e. The van der Waals surface area contributed by atoms with Crippen molar-refractivity contribution in [1.82, 2.24) is 0 Å². The maximum Gasteiger partial charge on any atom is 0.238 e. The molecular formula is C15H19N3O2S. The fourth-order valence-electron chi connectivity index (χ4n) is 2.04. The summed E-state index contributed by atoms with van der Waals surface area (Å²) < 4.78 is 22.4. The van der Waals surface area contributed by atoms with Crippen molar-refractivity contribution in [2.75, 3.05) is 17.6 Å². The highest BCUT2D eigenvalue weighted by Gasteiger charge is 2.09. The van der Waals surface area contributed by atoms with Crippen LogP contribution in [0.4, 0.5) is 11.4 Å². The molecule has 0 atom stereocenters. The minimum absolute atomic E-state index is 0.0230. The molecular weight excluding hydrogens is 286 g/mol. The fraction of sp³-hybridized carbons (Fsp3) is 0.200. The van der Waals surface area contributed by atoms with Crippen molar-refractivity contribution in [2.24, 2.45) is 5.14 Å². The lowest BCUT2D eigenvalue weighted by atomic mass is 10.1. The molecule has 2 rings (SSSR count). The molecule has 0 fully saturated rings. The molecule has 112 valence electrons. The molecule has 0 saturated heterocycles. The number of sulfonamides is 1. The molecule has 2 aromatic rings. The normalized spacial score (nSPS) is 11.3. The third kappa shape index (κ3) is 4.47. The predicted octanol–water partition coefficient (Wildman–Crippen LogP) is 1.96. The quantitative estimate of drug-likeness (QED) is 0.561. The third-order valence-electron chi connectivity index (χ3n) is 3.15. The first-order valence-corrected chi connectivity index (χ1v) is 8.21. The second kappa shape index (κ2) is 6.60. The van der Waals surface area contributed by atoms with Gasteiger partial charge in [0.2, 0.25) is 10.0 Å². The predicted molar refractivity (Wildman–Crippen MR) is 85.5 cm³/mol. The summed E-state index contributed by atoms with van der Waals surface area (Å²) in [6, 6.07) is 14.7. The Bertz CT molecular complexity index is 700. The molecule has 0 aliphatic carbocycles. The van der Waals surface area contributed by atoms with Gasteiger partial charge in [0, 0.05) is 6.54 Å². The van der Waals surface area contributed by atoms with Gasteiger partial charge in [0.25, 0.3) is 0 Å². The minimum atomic E-state index is -3.71. The van der Waals surface area contributed by atoms with Crippen LogP contribution in [-0.2, 0) is 16.4 Å². The first-order chi connectivity index (χ1) is 9.97.